The molecule has 0 saturated carbocycles. The fraction of sp³-hybridized carbons (Fsp3) is 0.321. The molecule has 0 unspecified atom stereocenters. The van der Waals surface area contributed by atoms with E-state index in [4.69, 9.17) is 25.8 Å². The third-order valence-corrected chi connectivity index (χ3v) is 7.86. The van der Waals surface area contributed by atoms with Gasteiger partial charge in [0.2, 0.25) is 0 Å². The molecular weight excluding hydrogens is 544 g/mol. The molecule has 0 radical (unpaired) electrons. The predicted octanol–water partition coefficient (Wildman–Crippen LogP) is 4.97. The van der Waals surface area contributed by atoms with Crippen LogP contribution in [0.4, 0.5) is 0 Å². The summed E-state index contributed by atoms with van der Waals surface area (Å²) >= 11 is 9.31. The molecule has 0 bridgehead atoms. The van der Waals surface area contributed by atoms with Gasteiger partial charge in [-0.05, 0) is 75.4 Å². The first-order valence-electron chi connectivity index (χ1n) is 12.1. The third kappa shape index (κ3) is 5.55. The number of methoxy groups -OCH3 is 1. The second-order valence-electron chi connectivity index (χ2n) is 8.78. The molecule has 0 spiro atoms. The second kappa shape index (κ2) is 11.8. The Bertz CT molecular complexity index is 1570. The van der Waals surface area contributed by atoms with Gasteiger partial charge in [0.05, 0.1) is 46.7 Å². The van der Waals surface area contributed by atoms with E-state index in [2.05, 4.69) is 4.99 Å². The summed E-state index contributed by atoms with van der Waals surface area (Å²) in [4.78, 5) is 33.3. The molecule has 200 valence electrons. The lowest BCUT2D eigenvalue weighted by Crippen LogP contribution is -2.40. The molecule has 0 aliphatic carbocycles. The van der Waals surface area contributed by atoms with Crippen molar-refractivity contribution in [3.8, 4) is 11.5 Å². The number of nitrogens with zero attached hydrogens (tertiary/aromatic N) is 2. The normalized spacial score (nSPS) is 15.4. The van der Waals surface area contributed by atoms with Gasteiger partial charge in [0.1, 0.15) is 0 Å². The van der Waals surface area contributed by atoms with Crippen LogP contribution in [0.2, 0.25) is 5.02 Å². The van der Waals surface area contributed by atoms with Crippen molar-refractivity contribution in [1.29, 1.82) is 0 Å². The highest BCUT2D eigenvalue weighted by Gasteiger charge is 2.33. The Balaban J connectivity index is 1.92. The monoisotopic (exact) mass is 572 g/mol. The highest BCUT2D eigenvalue weighted by molar-refractivity contribution is 7.98. The molecule has 1 aromatic heterocycles. The molecule has 1 aliphatic rings. The Labute approximate surface area is 234 Å². The van der Waals surface area contributed by atoms with E-state index in [-0.39, 0.29) is 11.7 Å². The van der Waals surface area contributed by atoms with Gasteiger partial charge in [-0.2, -0.15) is 0 Å². The highest BCUT2D eigenvalue weighted by atomic mass is 35.5. The summed E-state index contributed by atoms with van der Waals surface area (Å²) < 4.78 is 18.7. The van der Waals surface area contributed by atoms with Crippen molar-refractivity contribution in [2.24, 2.45) is 4.99 Å². The van der Waals surface area contributed by atoms with Gasteiger partial charge < -0.3 is 14.2 Å². The fourth-order valence-corrected chi connectivity index (χ4v) is 6.00. The van der Waals surface area contributed by atoms with Crippen molar-refractivity contribution in [2.75, 3.05) is 20.0 Å². The first kappa shape index (κ1) is 28.0. The van der Waals surface area contributed by atoms with Gasteiger partial charge in [0, 0.05) is 4.90 Å². The number of esters is 1. The zero-order valence-electron chi connectivity index (χ0n) is 22.0. The largest absolute Gasteiger partial charge is 0.491 e. The zero-order chi connectivity index (χ0) is 27.6. The Morgan fingerprint density at radius 3 is 2.58 bits per heavy atom. The summed E-state index contributed by atoms with van der Waals surface area (Å²) in [5.74, 6) is 0.436. The number of allylic oxidation sites excluding steroid dienone is 1. The number of hydrogen-bond donors (Lipinski definition) is 0. The number of benzene rings is 2. The maximum absolute atomic E-state index is 13.9. The lowest BCUT2D eigenvalue weighted by Gasteiger charge is -2.25. The lowest BCUT2D eigenvalue weighted by atomic mass is 9.96. The standard InChI is InChI=1S/C28H29ClN2O5S2/c1-7-35-21-13-17(12-20(29)25(21)34-5)14-22-26(32)31-24(18-8-10-19(37-6)11-9-18)23(27(33)36-15(2)3)16(4)30-28(31)38-22/h8-15,24H,7H2,1-6H3/b22-14-/t24-/m1/s1. The number of fused-ring (bicyclic) bond motifs is 1. The second-order valence-corrected chi connectivity index (χ2v) is 11.1. The van der Waals surface area contributed by atoms with Crippen LogP contribution in [0.15, 0.2) is 62.4 Å². The molecular formula is C28H29ClN2O5S2. The molecule has 38 heavy (non-hydrogen) atoms. The molecule has 0 amide bonds. The smallest absolute Gasteiger partial charge is 0.338 e. The van der Waals surface area contributed by atoms with E-state index in [0.717, 1.165) is 10.5 Å². The van der Waals surface area contributed by atoms with Crippen molar-refractivity contribution in [3.05, 3.63) is 83.5 Å². The fourth-order valence-electron chi connectivity index (χ4n) is 4.25. The molecule has 10 heteroatoms. The minimum atomic E-state index is -0.672. The van der Waals surface area contributed by atoms with E-state index in [0.29, 0.717) is 49.3 Å². The number of rotatable bonds is 8. The Kier molecular flexibility index (Phi) is 8.70. The van der Waals surface area contributed by atoms with Crippen molar-refractivity contribution in [2.45, 2.75) is 44.7 Å². The average Bonchev–Trinajstić information content (AvgIpc) is 3.17. The number of thioether (sulfide) groups is 1. The van der Waals surface area contributed by atoms with E-state index in [1.54, 1.807) is 55.3 Å². The topological polar surface area (TPSA) is 79.1 Å². The van der Waals surface area contributed by atoms with E-state index in [1.807, 2.05) is 37.4 Å². The van der Waals surface area contributed by atoms with Crippen LogP contribution in [0.3, 0.4) is 0 Å². The molecule has 3 aromatic rings. The summed E-state index contributed by atoms with van der Waals surface area (Å²) in [5, 5.41) is 0.374. The van der Waals surface area contributed by atoms with Crippen molar-refractivity contribution >= 4 is 46.7 Å². The molecule has 7 nitrogen and oxygen atoms in total. The molecule has 4 rings (SSSR count). The van der Waals surface area contributed by atoms with Crippen molar-refractivity contribution in [1.82, 2.24) is 4.57 Å². The van der Waals surface area contributed by atoms with Crippen LogP contribution in [-0.4, -0.2) is 36.6 Å². The first-order chi connectivity index (χ1) is 18.2. The summed E-state index contributed by atoms with van der Waals surface area (Å²) in [5.41, 5.74) is 2.08. The SMILES string of the molecule is CCOc1cc(/C=c2\sc3n(c2=O)[C@H](c2ccc(SC)cc2)C(C(=O)OC(C)C)=C(C)N=3)cc(Cl)c1OC. The van der Waals surface area contributed by atoms with Crippen LogP contribution >= 0.6 is 34.7 Å². The zero-order valence-corrected chi connectivity index (χ0v) is 24.4. The average molecular weight is 573 g/mol. The van der Waals surface area contributed by atoms with Crippen molar-refractivity contribution in [3.63, 3.8) is 0 Å². The van der Waals surface area contributed by atoms with Gasteiger partial charge in [-0.25, -0.2) is 9.79 Å². The number of carbonyl (C=O) groups is 1. The summed E-state index contributed by atoms with van der Waals surface area (Å²) in [6.45, 7) is 7.66. The highest BCUT2D eigenvalue weighted by Crippen LogP contribution is 2.36. The molecule has 0 saturated heterocycles. The predicted molar refractivity (Wildman–Crippen MR) is 152 cm³/mol. The molecule has 1 aliphatic heterocycles. The van der Waals surface area contributed by atoms with Crippen LogP contribution < -0.4 is 24.4 Å². The number of ether oxygens (including phenoxy) is 3. The molecule has 1 atom stereocenters. The summed E-state index contributed by atoms with van der Waals surface area (Å²) in [7, 11) is 1.53. The molecule has 0 N–H and O–H groups in total. The van der Waals surface area contributed by atoms with Crippen molar-refractivity contribution < 1.29 is 19.0 Å². The molecule has 2 aromatic carbocycles. The number of carbonyl (C=O) groups excluding carboxylic acids is 1. The van der Waals surface area contributed by atoms with E-state index >= 15 is 0 Å². The minimum absolute atomic E-state index is 0.264. The number of thiazole rings is 1. The minimum Gasteiger partial charge on any atom is -0.491 e. The van der Waals surface area contributed by atoms with Gasteiger partial charge in [-0.3, -0.25) is 9.36 Å². The molecule has 0 fully saturated rings. The lowest BCUT2D eigenvalue weighted by molar-refractivity contribution is -0.143. The Morgan fingerprint density at radius 1 is 1.26 bits per heavy atom. The summed E-state index contributed by atoms with van der Waals surface area (Å²) in [6, 6.07) is 10.7. The van der Waals surface area contributed by atoms with E-state index < -0.39 is 12.0 Å². The molecule has 2 heterocycles. The Hall–Kier alpha value is -3.01. The van der Waals surface area contributed by atoms with Crippen LogP contribution in [0, 0.1) is 0 Å². The van der Waals surface area contributed by atoms with Crippen LogP contribution in [0.25, 0.3) is 6.08 Å². The van der Waals surface area contributed by atoms with E-state index in [1.165, 1.54) is 18.4 Å². The van der Waals surface area contributed by atoms with Gasteiger partial charge in [0.15, 0.2) is 16.3 Å². The first-order valence-corrected chi connectivity index (χ1v) is 14.5. The van der Waals surface area contributed by atoms with Gasteiger partial charge in [-0.1, -0.05) is 35.1 Å². The maximum atomic E-state index is 13.9. The van der Waals surface area contributed by atoms with Gasteiger partial charge in [-0.15, -0.1) is 11.8 Å². The number of halogens is 1. The third-order valence-electron chi connectivity index (χ3n) is 5.85. The van der Waals surface area contributed by atoms with Crippen LogP contribution in [0.1, 0.15) is 44.9 Å². The Morgan fingerprint density at radius 2 is 1.97 bits per heavy atom. The van der Waals surface area contributed by atoms with Crippen LogP contribution in [-0.2, 0) is 9.53 Å². The van der Waals surface area contributed by atoms with Gasteiger partial charge in [0.25, 0.3) is 5.56 Å². The number of hydrogen-bond acceptors (Lipinski definition) is 8. The van der Waals surface area contributed by atoms with Crippen LogP contribution in [0.5, 0.6) is 11.5 Å². The van der Waals surface area contributed by atoms with E-state index in [9.17, 15) is 9.59 Å². The maximum Gasteiger partial charge on any atom is 0.338 e. The summed E-state index contributed by atoms with van der Waals surface area (Å²) in [6.07, 6.45) is 3.43. The van der Waals surface area contributed by atoms with Gasteiger partial charge >= 0.3 is 5.97 Å². The number of aromatic nitrogens is 1. The quantitative estimate of drug-likeness (QED) is 0.280.